The first kappa shape index (κ1) is 18.0. The minimum Gasteiger partial charge on any atom is -0.497 e. The topological polar surface area (TPSA) is 69.5 Å². The number of nitrogens with zero attached hydrogens (tertiary/aromatic N) is 4. The Bertz CT molecular complexity index is 972. The summed E-state index contributed by atoms with van der Waals surface area (Å²) in [7, 11) is 3.31. The van der Waals surface area contributed by atoms with E-state index in [-0.39, 0.29) is 11.8 Å². The molecule has 1 aliphatic heterocycles. The Labute approximate surface area is 163 Å². The number of carbonyl (C=O) groups excluding carboxylic acids is 1. The van der Waals surface area contributed by atoms with Gasteiger partial charge in [-0.25, -0.2) is 9.67 Å². The lowest BCUT2D eigenvalue weighted by molar-refractivity contribution is 0.0790. The molecule has 144 valence electrons. The van der Waals surface area contributed by atoms with E-state index in [1.165, 1.54) is 6.33 Å². The lowest BCUT2D eigenvalue weighted by atomic mass is 9.97. The van der Waals surface area contributed by atoms with Gasteiger partial charge in [0.25, 0.3) is 5.91 Å². The third-order valence-corrected chi connectivity index (χ3v) is 5.15. The first-order valence-corrected chi connectivity index (χ1v) is 9.16. The minimum atomic E-state index is -0.00420. The van der Waals surface area contributed by atoms with Crippen LogP contribution in [0.5, 0.6) is 11.5 Å². The first-order chi connectivity index (χ1) is 13.7. The second-order valence-electron chi connectivity index (χ2n) is 6.70. The predicted octanol–water partition coefficient (Wildman–Crippen LogP) is 2.91. The van der Waals surface area contributed by atoms with Gasteiger partial charge in [-0.05, 0) is 36.8 Å². The van der Waals surface area contributed by atoms with Crippen LogP contribution in [0, 0.1) is 0 Å². The van der Waals surface area contributed by atoms with Crippen molar-refractivity contribution in [3.8, 4) is 17.2 Å². The minimum absolute atomic E-state index is 0.00420. The average molecular weight is 378 g/mol. The number of methoxy groups -OCH3 is 2. The summed E-state index contributed by atoms with van der Waals surface area (Å²) in [4.78, 5) is 19.1. The molecule has 1 saturated heterocycles. The van der Waals surface area contributed by atoms with Crippen LogP contribution in [-0.2, 0) is 0 Å². The molecule has 0 radical (unpaired) electrons. The van der Waals surface area contributed by atoms with Gasteiger partial charge < -0.3 is 14.4 Å². The van der Waals surface area contributed by atoms with Gasteiger partial charge in [0.1, 0.15) is 24.2 Å². The van der Waals surface area contributed by atoms with Crippen molar-refractivity contribution in [2.45, 2.75) is 12.3 Å². The van der Waals surface area contributed by atoms with Gasteiger partial charge in [0.2, 0.25) is 0 Å². The van der Waals surface area contributed by atoms with Crippen molar-refractivity contribution < 1.29 is 14.3 Å². The molecule has 0 spiro atoms. The smallest absolute Gasteiger partial charge is 0.256 e. The van der Waals surface area contributed by atoms with Gasteiger partial charge in [-0.1, -0.05) is 12.1 Å². The van der Waals surface area contributed by atoms with Crippen LogP contribution in [0.4, 0.5) is 0 Å². The predicted molar refractivity (Wildman–Crippen MR) is 104 cm³/mol. The van der Waals surface area contributed by atoms with Crippen molar-refractivity contribution in [1.29, 1.82) is 0 Å². The number of para-hydroxylation sites is 1. The standard InChI is InChI=1S/C21H22N4O3/c1-27-16-7-8-20(28-2)18(11-16)15-9-10-24(12-15)21(26)17-5-3-4-6-19(17)25-14-22-13-23-25/h3-8,11,13-15H,9-10,12H2,1-2H3/t15-/m0/s1. The van der Waals surface area contributed by atoms with Crippen LogP contribution in [0.1, 0.15) is 28.3 Å². The monoisotopic (exact) mass is 378 g/mol. The van der Waals surface area contributed by atoms with Gasteiger partial charge in [0.15, 0.2) is 0 Å². The Kier molecular flexibility index (Phi) is 4.97. The van der Waals surface area contributed by atoms with Crippen molar-refractivity contribution in [2.24, 2.45) is 0 Å². The Morgan fingerprint density at radius 2 is 2.00 bits per heavy atom. The van der Waals surface area contributed by atoms with Crippen LogP contribution >= 0.6 is 0 Å². The van der Waals surface area contributed by atoms with Crippen LogP contribution in [0.25, 0.3) is 5.69 Å². The highest BCUT2D eigenvalue weighted by Gasteiger charge is 2.31. The summed E-state index contributed by atoms with van der Waals surface area (Å²) in [5.74, 6) is 1.81. The van der Waals surface area contributed by atoms with E-state index in [2.05, 4.69) is 10.1 Å². The van der Waals surface area contributed by atoms with Crippen LogP contribution in [-0.4, -0.2) is 52.9 Å². The summed E-state index contributed by atoms with van der Waals surface area (Å²) >= 11 is 0. The molecule has 0 unspecified atom stereocenters. The molecule has 1 fully saturated rings. The van der Waals surface area contributed by atoms with Crippen molar-refractivity contribution in [2.75, 3.05) is 27.3 Å². The maximum Gasteiger partial charge on any atom is 0.256 e. The summed E-state index contributed by atoms with van der Waals surface area (Å²) in [5.41, 5.74) is 2.42. The van der Waals surface area contributed by atoms with Crippen molar-refractivity contribution in [1.82, 2.24) is 19.7 Å². The van der Waals surface area contributed by atoms with Crippen LogP contribution in [0.15, 0.2) is 55.1 Å². The summed E-state index contributed by atoms with van der Waals surface area (Å²) in [5, 5.41) is 4.16. The second kappa shape index (κ2) is 7.72. The molecular weight excluding hydrogens is 356 g/mol. The van der Waals surface area contributed by atoms with Gasteiger partial charge in [-0.3, -0.25) is 4.79 Å². The Morgan fingerprint density at radius 1 is 1.14 bits per heavy atom. The van der Waals surface area contributed by atoms with Crippen LogP contribution in [0.2, 0.25) is 0 Å². The van der Waals surface area contributed by atoms with E-state index in [1.54, 1.807) is 25.2 Å². The fraction of sp³-hybridized carbons (Fsp3) is 0.286. The molecule has 28 heavy (non-hydrogen) atoms. The molecule has 1 aromatic heterocycles. The number of benzene rings is 2. The van der Waals surface area contributed by atoms with E-state index in [1.807, 2.05) is 47.4 Å². The molecule has 0 aliphatic carbocycles. The molecule has 7 heteroatoms. The summed E-state index contributed by atoms with van der Waals surface area (Å²) in [6.45, 7) is 1.32. The van der Waals surface area contributed by atoms with Gasteiger partial charge >= 0.3 is 0 Å². The Balaban J connectivity index is 1.58. The SMILES string of the molecule is COc1ccc(OC)c([C@H]2CCN(C(=O)c3ccccc3-n3cncn3)C2)c1. The molecule has 0 saturated carbocycles. The van der Waals surface area contributed by atoms with E-state index in [0.29, 0.717) is 18.7 Å². The molecule has 4 rings (SSSR count). The Morgan fingerprint density at radius 3 is 2.75 bits per heavy atom. The van der Waals surface area contributed by atoms with Crippen molar-refractivity contribution in [3.63, 3.8) is 0 Å². The maximum absolute atomic E-state index is 13.2. The molecule has 1 aliphatic rings. The van der Waals surface area contributed by atoms with E-state index < -0.39 is 0 Å². The number of rotatable bonds is 5. The fourth-order valence-electron chi connectivity index (χ4n) is 3.71. The first-order valence-electron chi connectivity index (χ1n) is 9.16. The second-order valence-corrected chi connectivity index (χ2v) is 6.70. The highest BCUT2D eigenvalue weighted by atomic mass is 16.5. The van der Waals surface area contributed by atoms with Crippen LogP contribution in [0.3, 0.4) is 0 Å². The molecule has 1 atom stereocenters. The number of carbonyl (C=O) groups is 1. The number of hydrogen-bond donors (Lipinski definition) is 0. The summed E-state index contributed by atoms with van der Waals surface area (Å²) < 4.78 is 12.5. The fourth-order valence-corrected chi connectivity index (χ4v) is 3.71. The van der Waals surface area contributed by atoms with Crippen LogP contribution < -0.4 is 9.47 Å². The van der Waals surface area contributed by atoms with E-state index >= 15 is 0 Å². The highest BCUT2D eigenvalue weighted by Crippen LogP contribution is 2.36. The normalized spacial score (nSPS) is 16.2. The van der Waals surface area contributed by atoms with Crippen molar-refractivity contribution in [3.05, 3.63) is 66.2 Å². The molecule has 3 aromatic rings. The number of hydrogen-bond acceptors (Lipinski definition) is 5. The third-order valence-electron chi connectivity index (χ3n) is 5.15. The largest absolute Gasteiger partial charge is 0.497 e. The maximum atomic E-state index is 13.2. The Hall–Kier alpha value is -3.35. The molecule has 0 bridgehead atoms. The van der Waals surface area contributed by atoms with Crippen molar-refractivity contribution >= 4 is 5.91 Å². The molecule has 1 amide bonds. The summed E-state index contributed by atoms with van der Waals surface area (Å²) in [6.07, 6.45) is 3.93. The van der Waals surface area contributed by atoms with Gasteiger partial charge in [0, 0.05) is 24.6 Å². The molecule has 2 heterocycles. The number of aromatic nitrogens is 3. The van der Waals surface area contributed by atoms with Gasteiger partial charge in [-0.15, -0.1) is 0 Å². The number of likely N-dealkylation sites (tertiary alicyclic amines) is 1. The lowest BCUT2D eigenvalue weighted by Gasteiger charge is -2.19. The van der Waals surface area contributed by atoms with Gasteiger partial charge in [0.05, 0.1) is 25.5 Å². The summed E-state index contributed by atoms with van der Waals surface area (Å²) in [6, 6.07) is 13.3. The zero-order valence-electron chi connectivity index (χ0n) is 15.9. The molecular formula is C21H22N4O3. The quantitative estimate of drug-likeness (QED) is 0.683. The van der Waals surface area contributed by atoms with E-state index in [9.17, 15) is 4.79 Å². The number of amides is 1. The van der Waals surface area contributed by atoms with Gasteiger partial charge in [-0.2, -0.15) is 5.10 Å². The molecule has 0 N–H and O–H groups in total. The highest BCUT2D eigenvalue weighted by molar-refractivity contribution is 5.98. The molecule has 2 aromatic carbocycles. The third kappa shape index (κ3) is 3.31. The number of ether oxygens (including phenoxy) is 2. The zero-order chi connectivity index (χ0) is 19.5. The molecule has 7 nitrogen and oxygen atoms in total. The lowest BCUT2D eigenvalue weighted by Crippen LogP contribution is -2.29. The van der Waals surface area contributed by atoms with E-state index in [4.69, 9.17) is 9.47 Å². The average Bonchev–Trinajstić information content (AvgIpc) is 3.45. The zero-order valence-corrected chi connectivity index (χ0v) is 15.9. The van der Waals surface area contributed by atoms with E-state index in [0.717, 1.165) is 29.2 Å².